The van der Waals surface area contributed by atoms with Crippen LogP contribution in [0.3, 0.4) is 0 Å². The average Bonchev–Trinajstić information content (AvgIpc) is 2.38. The Balaban J connectivity index is 3.10. The molecule has 0 spiro atoms. The van der Waals surface area contributed by atoms with E-state index in [1.54, 1.807) is 6.92 Å². The van der Waals surface area contributed by atoms with Gasteiger partial charge < -0.3 is 10.4 Å². The van der Waals surface area contributed by atoms with Gasteiger partial charge in [-0.2, -0.15) is 0 Å². The van der Waals surface area contributed by atoms with E-state index in [9.17, 15) is 14.9 Å². The second kappa shape index (κ2) is 6.88. The maximum Gasteiger partial charge on any atom is 0.336 e. The van der Waals surface area contributed by atoms with Gasteiger partial charge in [0, 0.05) is 23.4 Å². The molecule has 20 heavy (non-hydrogen) atoms. The molecule has 1 atom stereocenters. The highest BCUT2D eigenvalue weighted by Gasteiger charge is 2.19. The standard InChI is InChI=1S/C14H20N2O4/c1-4-5-6-9(2)15-12-7-11(14(17)18)8-13(10(12)3)16(19)20/h7-9,15H,4-6H2,1-3H3,(H,17,18). The highest BCUT2D eigenvalue weighted by molar-refractivity contribution is 5.90. The van der Waals surface area contributed by atoms with Crippen molar-refractivity contribution in [2.45, 2.75) is 46.1 Å². The number of hydrogen-bond donors (Lipinski definition) is 2. The molecule has 0 bridgehead atoms. The molecule has 0 aromatic heterocycles. The van der Waals surface area contributed by atoms with E-state index in [-0.39, 0.29) is 17.3 Å². The van der Waals surface area contributed by atoms with Crippen LogP contribution in [0.4, 0.5) is 11.4 Å². The zero-order valence-corrected chi connectivity index (χ0v) is 12.0. The Morgan fingerprint density at radius 3 is 2.65 bits per heavy atom. The fourth-order valence-electron chi connectivity index (χ4n) is 2.01. The van der Waals surface area contributed by atoms with Crippen molar-refractivity contribution in [2.75, 3.05) is 5.32 Å². The zero-order chi connectivity index (χ0) is 15.3. The van der Waals surface area contributed by atoms with E-state index < -0.39 is 10.9 Å². The van der Waals surface area contributed by atoms with Gasteiger partial charge in [0.15, 0.2) is 0 Å². The van der Waals surface area contributed by atoms with Gasteiger partial charge in [-0.3, -0.25) is 10.1 Å². The van der Waals surface area contributed by atoms with Crippen LogP contribution in [0.1, 0.15) is 49.0 Å². The third kappa shape index (κ3) is 3.94. The van der Waals surface area contributed by atoms with Crippen LogP contribution in [0.25, 0.3) is 0 Å². The van der Waals surface area contributed by atoms with Crippen molar-refractivity contribution < 1.29 is 14.8 Å². The summed E-state index contributed by atoms with van der Waals surface area (Å²) < 4.78 is 0. The lowest BCUT2D eigenvalue weighted by atomic mass is 10.1. The van der Waals surface area contributed by atoms with Crippen molar-refractivity contribution in [1.29, 1.82) is 0 Å². The van der Waals surface area contributed by atoms with Crippen LogP contribution < -0.4 is 5.32 Å². The number of hydrogen-bond acceptors (Lipinski definition) is 4. The van der Waals surface area contributed by atoms with Crippen LogP contribution in [0.15, 0.2) is 12.1 Å². The molecule has 6 nitrogen and oxygen atoms in total. The smallest absolute Gasteiger partial charge is 0.336 e. The topological polar surface area (TPSA) is 92.5 Å². The molecule has 0 radical (unpaired) electrons. The van der Waals surface area contributed by atoms with Gasteiger partial charge in [0.25, 0.3) is 5.69 Å². The van der Waals surface area contributed by atoms with E-state index >= 15 is 0 Å². The molecule has 6 heteroatoms. The number of nitro benzene ring substituents is 1. The molecule has 0 saturated heterocycles. The lowest BCUT2D eigenvalue weighted by Crippen LogP contribution is -2.16. The predicted octanol–water partition coefficient (Wildman–Crippen LogP) is 3.59. The molecular weight excluding hydrogens is 260 g/mol. The largest absolute Gasteiger partial charge is 0.478 e. The second-order valence-electron chi connectivity index (χ2n) is 4.92. The molecule has 1 rings (SSSR count). The van der Waals surface area contributed by atoms with Gasteiger partial charge in [-0.1, -0.05) is 19.8 Å². The molecule has 0 fully saturated rings. The van der Waals surface area contributed by atoms with Crippen LogP contribution in [0, 0.1) is 17.0 Å². The number of carbonyl (C=O) groups is 1. The van der Waals surface area contributed by atoms with Gasteiger partial charge in [-0.25, -0.2) is 4.79 Å². The van der Waals surface area contributed by atoms with E-state index in [4.69, 9.17) is 5.11 Å². The number of aromatic carboxylic acids is 1. The number of rotatable bonds is 7. The zero-order valence-electron chi connectivity index (χ0n) is 12.0. The number of anilines is 1. The fraction of sp³-hybridized carbons (Fsp3) is 0.500. The highest BCUT2D eigenvalue weighted by atomic mass is 16.6. The van der Waals surface area contributed by atoms with Crippen molar-refractivity contribution in [3.8, 4) is 0 Å². The van der Waals surface area contributed by atoms with Crippen molar-refractivity contribution in [3.63, 3.8) is 0 Å². The summed E-state index contributed by atoms with van der Waals surface area (Å²) in [6.07, 6.45) is 3.05. The Labute approximate surface area is 118 Å². The van der Waals surface area contributed by atoms with Crippen molar-refractivity contribution in [2.24, 2.45) is 0 Å². The third-order valence-electron chi connectivity index (χ3n) is 3.22. The number of nitro groups is 1. The Morgan fingerprint density at radius 2 is 2.15 bits per heavy atom. The van der Waals surface area contributed by atoms with E-state index in [0.717, 1.165) is 25.3 Å². The summed E-state index contributed by atoms with van der Waals surface area (Å²) in [6, 6.07) is 2.68. The summed E-state index contributed by atoms with van der Waals surface area (Å²) in [5, 5.41) is 23.2. The average molecular weight is 280 g/mol. The van der Waals surface area contributed by atoms with Crippen molar-refractivity contribution >= 4 is 17.3 Å². The summed E-state index contributed by atoms with van der Waals surface area (Å²) in [6.45, 7) is 5.70. The lowest BCUT2D eigenvalue weighted by molar-refractivity contribution is -0.385. The number of carboxylic acids is 1. The lowest BCUT2D eigenvalue weighted by Gasteiger charge is -2.17. The predicted molar refractivity (Wildman–Crippen MR) is 77.4 cm³/mol. The molecule has 110 valence electrons. The number of benzene rings is 1. The Bertz CT molecular complexity index is 514. The summed E-state index contributed by atoms with van der Waals surface area (Å²) in [7, 11) is 0. The minimum absolute atomic E-state index is 0.0764. The molecule has 0 aliphatic rings. The fourth-order valence-corrected chi connectivity index (χ4v) is 2.01. The molecule has 2 N–H and O–H groups in total. The highest BCUT2D eigenvalue weighted by Crippen LogP contribution is 2.28. The maximum atomic E-state index is 11.0. The van der Waals surface area contributed by atoms with E-state index in [1.165, 1.54) is 6.07 Å². The van der Waals surface area contributed by atoms with Gasteiger partial charge in [-0.05, 0) is 26.3 Å². The van der Waals surface area contributed by atoms with Gasteiger partial charge in [0.2, 0.25) is 0 Å². The minimum Gasteiger partial charge on any atom is -0.478 e. The van der Waals surface area contributed by atoms with Crippen LogP contribution >= 0.6 is 0 Å². The van der Waals surface area contributed by atoms with Gasteiger partial charge in [0.1, 0.15) is 0 Å². The first-order chi connectivity index (χ1) is 9.36. The summed E-state index contributed by atoms with van der Waals surface area (Å²) in [5.41, 5.74) is 0.728. The van der Waals surface area contributed by atoms with E-state index in [1.807, 2.05) is 6.92 Å². The Morgan fingerprint density at radius 1 is 1.50 bits per heavy atom. The Kier molecular flexibility index (Phi) is 5.49. The quantitative estimate of drug-likeness (QED) is 0.588. The summed E-state index contributed by atoms with van der Waals surface area (Å²) in [5.74, 6) is -1.17. The van der Waals surface area contributed by atoms with Gasteiger partial charge in [-0.15, -0.1) is 0 Å². The molecule has 1 aromatic carbocycles. The second-order valence-corrected chi connectivity index (χ2v) is 4.92. The summed E-state index contributed by atoms with van der Waals surface area (Å²) in [4.78, 5) is 21.5. The van der Waals surface area contributed by atoms with Crippen LogP contribution in [-0.4, -0.2) is 22.0 Å². The number of nitrogens with one attached hydrogen (secondary N) is 1. The van der Waals surface area contributed by atoms with Crippen LogP contribution in [0.5, 0.6) is 0 Å². The molecule has 1 aromatic rings. The number of nitrogens with zero attached hydrogens (tertiary/aromatic N) is 1. The monoisotopic (exact) mass is 280 g/mol. The first-order valence-corrected chi connectivity index (χ1v) is 6.65. The maximum absolute atomic E-state index is 11.0. The first-order valence-electron chi connectivity index (χ1n) is 6.65. The number of unbranched alkanes of at least 4 members (excludes halogenated alkanes) is 1. The van der Waals surface area contributed by atoms with Crippen LogP contribution in [0.2, 0.25) is 0 Å². The van der Waals surface area contributed by atoms with E-state index in [0.29, 0.717) is 11.3 Å². The molecular formula is C14H20N2O4. The molecule has 0 saturated carbocycles. The summed E-state index contributed by atoms with van der Waals surface area (Å²) >= 11 is 0. The SMILES string of the molecule is CCCCC(C)Nc1cc(C(=O)O)cc([N+](=O)[O-])c1C. The molecule has 0 aliphatic heterocycles. The molecule has 0 amide bonds. The van der Waals surface area contributed by atoms with Gasteiger partial charge in [0.05, 0.1) is 10.5 Å². The Hall–Kier alpha value is -2.11. The van der Waals surface area contributed by atoms with Crippen molar-refractivity contribution in [1.82, 2.24) is 0 Å². The number of carboxylic acid groups (broad SMARTS) is 1. The molecule has 0 heterocycles. The third-order valence-corrected chi connectivity index (χ3v) is 3.22. The minimum atomic E-state index is -1.17. The van der Waals surface area contributed by atoms with Gasteiger partial charge >= 0.3 is 5.97 Å². The normalized spacial score (nSPS) is 11.9. The van der Waals surface area contributed by atoms with E-state index in [2.05, 4.69) is 12.2 Å². The van der Waals surface area contributed by atoms with Crippen LogP contribution in [-0.2, 0) is 0 Å². The molecule has 1 unspecified atom stereocenters. The van der Waals surface area contributed by atoms with Crippen molar-refractivity contribution in [3.05, 3.63) is 33.4 Å². The first kappa shape index (κ1) is 15.9. The molecule has 0 aliphatic carbocycles.